The van der Waals surface area contributed by atoms with Gasteiger partial charge >= 0.3 is 0 Å². The van der Waals surface area contributed by atoms with Crippen molar-refractivity contribution in [2.45, 2.75) is 12.5 Å². The lowest BCUT2D eigenvalue weighted by atomic mass is 9.95. The van der Waals surface area contributed by atoms with Crippen LogP contribution in [0.1, 0.15) is 18.0 Å². The van der Waals surface area contributed by atoms with E-state index in [1.54, 1.807) is 39.2 Å². The third-order valence-electron chi connectivity index (χ3n) is 5.80. The Kier molecular flexibility index (Phi) is 6.99. The predicted molar refractivity (Wildman–Crippen MR) is 130 cm³/mol. The topological polar surface area (TPSA) is 75.6 Å². The zero-order valence-electron chi connectivity index (χ0n) is 19.6. The highest BCUT2D eigenvalue weighted by Gasteiger charge is 2.34. The van der Waals surface area contributed by atoms with Crippen LogP contribution in [0.5, 0.6) is 0 Å². The van der Waals surface area contributed by atoms with Gasteiger partial charge in [0.25, 0.3) is 0 Å². The summed E-state index contributed by atoms with van der Waals surface area (Å²) in [6.45, 7) is 1.63. The van der Waals surface area contributed by atoms with Gasteiger partial charge in [0.15, 0.2) is 16.7 Å². The van der Waals surface area contributed by atoms with Crippen molar-refractivity contribution in [3.8, 4) is 0 Å². The largest absolute Gasteiger partial charge is 0.497 e. The average Bonchev–Trinajstić information content (AvgIpc) is 3.39. The van der Waals surface area contributed by atoms with Gasteiger partial charge < -0.3 is 29.3 Å². The molecule has 1 aromatic carbocycles. The number of amides is 1. The van der Waals surface area contributed by atoms with E-state index in [2.05, 4.69) is 34.6 Å². The number of fused-ring (bicyclic) bond motifs is 1. The van der Waals surface area contributed by atoms with E-state index in [0.717, 1.165) is 29.5 Å². The van der Waals surface area contributed by atoms with Crippen molar-refractivity contribution in [1.82, 2.24) is 9.80 Å². The SMILES string of the molecule is COC1=CC(C(=O)Nc2ccccc2C2CN3C(CN(C)C)=CSC3=N2)CC(OC)=C1OC. The maximum atomic E-state index is 13.2. The Morgan fingerprint density at radius 2 is 2.00 bits per heavy atom. The number of amidine groups is 1. The maximum absolute atomic E-state index is 13.2. The molecule has 2 atom stereocenters. The predicted octanol–water partition coefficient (Wildman–Crippen LogP) is 3.54. The van der Waals surface area contributed by atoms with Gasteiger partial charge in [-0.2, -0.15) is 0 Å². The summed E-state index contributed by atoms with van der Waals surface area (Å²) < 4.78 is 16.3. The van der Waals surface area contributed by atoms with E-state index in [4.69, 9.17) is 19.2 Å². The fraction of sp³-hybridized carbons (Fsp3) is 0.417. The minimum Gasteiger partial charge on any atom is -0.497 e. The molecule has 3 aliphatic rings. The fourth-order valence-electron chi connectivity index (χ4n) is 4.22. The maximum Gasteiger partial charge on any atom is 0.231 e. The molecule has 1 amide bonds. The van der Waals surface area contributed by atoms with Gasteiger partial charge in [-0.25, -0.2) is 0 Å². The lowest BCUT2D eigenvalue weighted by Crippen LogP contribution is -2.29. The number of rotatable bonds is 8. The molecule has 2 heterocycles. The molecule has 2 unspecified atom stereocenters. The van der Waals surface area contributed by atoms with Crippen molar-refractivity contribution in [2.24, 2.45) is 10.9 Å². The molecular weight excluding hydrogens is 440 g/mol. The Morgan fingerprint density at radius 3 is 2.70 bits per heavy atom. The van der Waals surface area contributed by atoms with Gasteiger partial charge in [-0.05, 0) is 31.6 Å². The average molecular weight is 471 g/mol. The smallest absolute Gasteiger partial charge is 0.231 e. The van der Waals surface area contributed by atoms with Gasteiger partial charge in [-0.1, -0.05) is 30.0 Å². The van der Waals surface area contributed by atoms with Crippen molar-refractivity contribution >= 4 is 28.5 Å². The van der Waals surface area contributed by atoms with Crippen LogP contribution in [0, 0.1) is 5.92 Å². The minimum atomic E-state index is -0.440. The summed E-state index contributed by atoms with van der Waals surface area (Å²) in [7, 11) is 8.81. The first kappa shape index (κ1) is 23.3. The van der Waals surface area contributed by atoms with Crippen LogP contribution in [0.4, 0.5) is 5.69 Å². The summed E-state index contributed by atoms with van der Waals surface area (Å²) in [5.41, 5.74) is 3.03. The summed E-state index contributed by atoms with van der Waals surface area (Å²) in [4.78, 5) is 22.6. The number of carbonyl (C=O) groups is 1. The van der Waals surface area contributed by atoms with Crippen LogP contribution in [0.15, 0.2) is 63.7 Å². The number of methoxy groups -OCH3 is 3. The normalized spacial score (nSPS) is 22.0. The second-order valence-corrected chi connectivity index (χ2v) is 9.12. The van der Waals surface area contributed by atoms with E-state index in [0.29, 0.717) is 23.7 Å². The third kappa shape index (κ3) is 4.74. The zero-order chi connectivity index (χ0) is 23.5. The number of nitrogens with one attached hydrogen (secondary N) is 1. The number of allylic oxidation sites excluding steroid dienone is 1. The number of thioether (sulfide) groups is 1. The molecule has 0 aromatic heterocycles. The molecule has 2 aliphatic heterocycles. The van der Waals surface area contributed by atoms with E-state index < -0.39 is 5.92 Å². The molecule has 8 nitrogen and oxygen atoms in total. The molecule has 1 N–H and O–H groups in total. The van der Waals surface area contributed by atoms with E-state index in [-0.39, 0.29) is 11.9 Å². The number of aliphatic imine (C=N–C) groups is 1. The second-order valence-electron chi connectivity index (χ2n) is 8.29. The number of likely N-dealkylation sites (N-methyl/N-ethyl adjacent to an activating group) is 1. The summed E-state index contributed by atoms with van der Waals surface area (Å²) in [6.07, 6.45) is 2.18. The Bertz CT molecular complexity index is 1050. The Morgan fingerprint density at radius 1 is 1.21 bits per heavy atom. The highest BCUT2D eigenvalue weighted by Crippen LogP contribution is 2.39. The van der Waals surface area contributed by atoms with E-state index >= 15 is 0 Å². The quantitative estimate of drug-likeness (QED) is 0.623. The van der Waals surface area contributed by atoms with Crippen LogP contribution in [0.2, 0.25) is 0 Å². The number of hydrogen-bond acceptors (Lipinski definition) is 8. The Balaban J connectivity index is 1.51. The van der Waals surface area contributed by atoms with Gasteiger partial charge in [0.2, 0.25) is 5.91 Å². The molecule has 176 valence electrons. The van der Waals surface area contributed by atoms with Gasteiger partial charge in [-0.3, -0.25) is 9.79 Å². The number of carbonyl (C=O) groups excluding carboxylic acids is 1. The minimum absolute atomic E-state index is 0.0409. The standard InChI is InChI=1S/C24H30N4O4S/c1-27(2)12-16-14-33-24-26-19(13-28(16)24)17-8-6-7-9-18(17)25-23(29)15-10-20(30-3)22(32-5)21(11-15)31-4/h6-10,14-15,19H,11-13H2,1-5H3,(H,25,29). The molecule has 1 aliphatic carbocycles. The van der Waals surface area contributed by atoms with Crippen molar-refractivity contribution in [3.63, 3.8) is 0 Å². The summed E-state index contributed by atoms with van der Waals surface area (Å²) >= 11 is 1.66. The molecule has 0 bridgehead atoms. The summed E-state index contributed by atoms with van der Waals surface area (Å²) in [5.74, 6) is 1.03. The number of hydrogen-bond donors (Lipinski definition) is 1. The highest BCUT2D eigenvalue weighted by atomic mass is 32.2. The van der Waals surface area contributed by atoms with Crippen LogP contribution in [-0.4, -0.2) is 69.4 Å². The van der Waals surface area contributed by atoms with Gasteiger partial charge in [0, 0.05) is 29.9 Å². The van der Waals surface area contributed by atoms with Crippen molar-refractivity contribution in [1.29, 1.82) is 0 Å². The summed E-state index contributed by atoms with van der Waals surface area (Å²) in [5, 5.41) is 6.29. The van der Waals surface area contributed by atoms with Crippen LogP contribution >= 0.6 is 11.8 Å². The Labute approximate surface area is 199 Å². The van der Waals surface area contributed by atoms with Crippen LogP contribution in [0.3, 0.4) is 0 Å². The molecular formula is C24H30N4O4S. The van der Waals surface area contributed by atoms with E-state index in [1.165, 1.54) is 5.70 Å². The van der Waals surface area contributed by atoms with Crippen LogP contribution in [-0.2, 0) is 19.0 Å². The second kappa shape index (κ2) is 9.93. The first-order valence-electron chi connectivity index (χ1n) is 10.8. The molecule has 0 radical (unpaired) electrons. The van der Waals surface area contributed by atoms with E-state index in [1.807, 2.05) is 24.3 Å². The van der Waals surface area contributed by atoms with Crippen LogP contribution in [0.25, 0.3) is 0 Å². The number of para-hydroxylation sites is 1. The first-order chi connectivity index (χ1) is 15.9. The van der Waals surface area contributed by atoms with Crippen molar-refractivity contribution in [3.05, 3.63) is 64.3 Å². The van der Waals surface area contributed by atoms with Gasteiger partial charge in [0.1, 0.15) is 5.76 Å². The lowest BCUT2D eigenvalue weighted by molar-refractivity contribution is -0.118. The highest BCUT2D eigenvalue weighted by molar-refractivity contribution is 8.16. The summed E-state index contributed by atoms with van der Waals surface area (Å²) in [6, 6.07) is 7.83. The van der Waals surface area contributed by atoms with Gasteiger partial charge in [-0.15, -0.1) is 0 Å². The molecule has 0 fully saturated rings. The lowest BCUT2D eigenvalue weighted by Gasteiger charge is -2.24. The molecule has 0 saturated heterocycles. The van der Waals surface area contributed by atoms with E-state index in [9.17, 15) is 4.79 Å². The molecule has 0 spiro atoms. The fourth-order valence-corrected chi connectivity index (χ4v) is 5.17. The van der Waals surface area contributed by atoms with Gasteiger partial charge in [0.05, 0.1) is 39.8 Å². The molecule has 1 aromatic rings. The van der Waals surface area contributed by atoms with Crippen LogP contribution < -0.4 is 5.32 Å². The number of ether oxygens (including phenoxy) is 3. The number of benzene rings is 1. The number of nitrogens with zero attached hydrogens (tertiary/aromatic N) is 3. The number of anilines is 1. The Hall–Kier alpha value is -2.91. The van der Waals surface area contributed by atoms with Crippen molar-refractivity contribution in [2.75, 3.05) is 53.8 Å². The third-order valence-corrected chi connectivity index (χ3v) is 6.72. The molecule has 9 heteroatoms. The van der Waals surface area contributed by atoms with Crippen molar-refractivity contribution < 1.29 is 19.0 Å². The molecule has 33 heavy (non-hydrogen) atoms. The molecule has 0 saturated carbocycles. The monoisotopic (exact) mass is 470 g/mol. The zero-order valence-corrected chi connectivity index (χ0v) is 20.4. The molecule has 4 rings (SSSR count). The first-order valence-corrected chi connectivity index (χ1v) is 11.7.